The van der Waals surface area contributed by atoms with Crippen LogP contribution >= 0.6 is 0 Å². The average molecular weight is 561 g/mol. The van der Waals surface area contributed by atoms with Gasteiger partial charge >= 0.3 is 0 Å². The fraction of sp³-hybridized carbons (Fsp3) is 0. The Hall–Kier alpha value is -5.87. The van der Waals surface area contributed by atoms with Gasteiger partial charge in [-0.2, -0.15) is 0 Å². The Balaban J connectivity index is 1.31. The maximum Gasteiger partial charge on any atom is 0.227 e. The highest BCUT2D eigenvalue weighted by Crippen LogP contribution is 2.41. The van der Waals surface area contributed by atoms with Crippen molar-refractivity contribution in [2.24, 2.45) is 0 Å². The minimum atomic E-state index is -0.537. The molecule has 43 heavy (non-hydrogen) atoms. The number of rotatable bonds is 2. The summed E-state index contributed by atoms with van der Waals surface area (Å²) >= 11 is 0. The van der Waals surface area contributed by atoms with Gasteiger partial charge in [-0.25, -0.2) is 4.98 Å². The molecule has 7 aromatic carbocycles. The van der Waals surface area contributed by atoms with Gasteiger partial charge in [0.2, 0.25) is 5.89 Å². The van der Waals surface area contributed by atoms with Crippen LogP contribution in [0.4, 0.5) is 0 Å². The van der Waals surface area contributed by atoms with Gasteiger partial charge < -0.3 is 13.4 Å². The molecule has 0 aliphatic carbocycles. The lowest BCUT2D eigenvalue weighted by molar-refractivity contribution is 0.620. The second-order valence-electron chi connectivity index (χ2n) is 10.4. The van der Waals surface area contributed by atoms with E-state index in [1.54, 1.807) is 4.57 Å². The predicted molar refractivity (Wildman–Crippen MR) is 176 cm³/mol. The van der Waals surface area contributed by atoms with Crippen molar-refractivity contribution in [2.75, 3.05) is 0 Å². The molecule has 0 saturated heterocycles. The number of para-hydroxylation sites is 2. The number of nitrogens with zero attached hydrogens (tertiary/aromatic N) is 2. The van der Waals surface area contributed by atoms with Crippen LogP contribution in [0.25, 0.3) is 93.5 Å². The predicted octanol–water partition coefficient (Wildman–Crippen LogP) is 10.8. The largest absolute Gasteiger partial charge is 0.456 e. The molecular formula is C39H22N2O2. The molecule has 0 spiro atoms. The lowest BCUT2D eigenvalue weighted by Gasteiger charge is -2.08. The maximum atomic E-state index is 9.54. The molecule has 0 aliphatic heterocycles. The van der Waals surface area contributed by atoms with Gasteiger partial charge in [-0.1, -0.05) is 72.7 Å². The summed E-state index contributed by atoms with van der Waals surface area (Å²) in [7, 11) is 0. The monoisotopic (exact) mass is 560 g/mol. The summed E-state index contributed by atoms with van der Waals surface area (Å²) in [6.07, 6.45) is 0. The first-order valence-electron chi connectivity index (χ1n) is 18.7. The molecule has 0 aliphatic rings. The number of benzene rings is 7. The minimum absolute atomic E-state index is 0.0597. The van der Waals surface area contributed by atoms with Gasteiger partial charge in [0, 0.05) is 38.8 Å². The molecule has 4 heteroatoms. The summed E-state index contributed by atoms with van der Waals surface area (Å²) in [4.78, 5) is 4.23. The molecule has 0 N–H and O–H groups in total. The van der Waals surface area contributed by atoms with E-state index in [0.29, 0.717) is 0 Å². The molecule has 0 atom stereocenters. The Morgan fingerprint density at radius 1 is 0.558 bits per heavy atom. The number of furan rings is 1. The van der Waals surface area contributed by atoms with E-state index in [4.69, 9.17) is 17.1 Å². The molecular weight excluding hydrogens is 528 g/mol. The third kappa shape index (κ3) is 3.18. The average Bonchev–Trinajstić information content (AvgIpc) is 3.88. The van der Waals surface area contributed by atoms with Crippen LogP contribution in [-0.4, -0.2) is 9.55 Å². The second kappa shape index (κ2) is 8.34. The lowest BCUT2D eigenvalue weighted by Crippen LogP contribution is -1.93. The van der Waals surface area contributed by atoms with Crippen molar-refractivity contribution in [1.82, 2.24) is 9.55 Å². The number of fused-ring (bicyclic) bond motifs is 11. The quantitative estimate of drug-likeness (QED) is 0.211. The molecule has 0 unspecified atom stereocenters. The highest BCUT2D eigenvalue weighted by Gasteiger charge is 2.19. The molecule has 0 bridgehead atoms. The lowest BCUT2D eigenvalue weighted by atomic mass is 10.00. The molecule has 3 aromatic heterocycles. The number of hydrogen-bond donors (Lipinski definition) is 0. The van der Waals surface area contributed by atoms with Gasteiger partial charge in [0.25, 0.3) is 0 Å². The van der Waals surface area contributed by atoms with Crippen LogP contribution in [0.3, 0.4) is 0 Å². The van der Waals surface area contributed by atoms with E-state index < -0.39 is 42.3 Å². The van der Waals surface area contributed by atoms with Gasteiger partial charge in [0.15, 0.2) is 5.58 Å². The second-order valence-corrected chi connectivity index (χ2v) is 10.4. The van der Waals surface area contributed by atoms with Crippen LogP contribution in [0.5, 0.6) is 0 Å². The van der Waals surface area contributed by atoms with Crippen molar-refractivity contribution in [3.8, 4) is 17.1 Å². The maximum absolute atomic E-state index is 9.54. The van der Waals surface area contributed by atoms with Crippen molar-refractivity contribution in [1.29, 1.82) is 0 Å². The van der Waals surface area contributed by atoms with E-state index in [1.165, 1.54) is 0 Å². The highest BCUT2D eigenvalue weighted by atomic mass is 16.3. The Labute approximate surface area is 259 Å². The number of oxazole rings is 1. The molecule has 3 heterocycles. The Kier molecular flexibility index (Phi) is 2.98. The van der Waals surface area contributed by atoms with Gasteiger partial charge in [-0.05, 0) is 76.0 Å². The van der Waals surface area contributed by atoms with Crippen LogP contribution in [0.1, 0.15) is 13.7 Å². The number of hydrogen-bond acceptors (Lipinski definition) is 3. The van der Waals surface area contributed by atoms with Gasteiger partial charge in [-0.3, -0.25) is 0 Å². The first-order chi connectivity index (χ1) is 25.5. The van der Waals surface area contributed by atoms with E-state index in [2.05, 4.69) is 4.98 Å². The van der Waals surface area contributed by atoms with E-state index in [-0.39, 0.29) is 68.3 Å². The van der Waals surface area contributed by atoms with Crippen molar-refractivity contribution in [2.45, 2.75) is 0 Å². The smallest absolute Gasteiger partial charge is 0.227 e. The van der Waals surface area contributed by atoms with Gasteiger partial charge in [-0.15, -0.1) is 0 Å². The molecule has 4 nitrogen and oxygen atoms in total. The van der Waals surface area contributed by atoms with E-state index in [9.17, 15) is 5.48 Å². The normalized spacial score (nSPS) is 15.4. The van der Waals surface area contributed by atoms with Crippen LogP contribution < -0.4 is 0 Å². The van der Waals surface area contributed by atoms with Crippen molar-refractivity contribution < 1.29 is 22.5 Å². The Bertz CT molecular complexity index is 3170. The van der Waals surface area contributed by atoms with E-state index >= 15 is 0 Å². The first-order valence-corrected chi connectivity index (χ1v) is 13.7. The van der Waals surface area contributed by atoms with Crippen LogP contribution in [0.2, 0.25) is 0 Å². The Morgan fingerprint density at radius 2 is 1.28 bits per heavy atom. The van der Waals surface area contributed by atoms with E-state index in [1.807, 2.05) is 72.8 Å². The van der Waals surface area contributed by atoms with Crippen LogP contribution in [-0.2, 0) is 0 Å². The third-order valence-corrected chi connectivity index (χ3v) is 8.03. The molecule has 10 rings (SSSR count). The zero-order valence-electron chi connectivity index (χ0n) is 32.1. The molecule has 0 amide bonds. The molecule has 0 saturated carbocycles. The summed E-state index contributed by atoms with van der Waals surface area (Å²) in [5.41, 5.74) is 0.395. The number of aromatic nitrogens is 2. The summed E-state index contributed by atoms with van der Waals surface area (Å²) < 4.78 is 102. The zero-order valence-corrected chi connectivity index (χ0v) is 22.1. The first kappa shape index (κ1) is 15.4. The summed E-state index contributed by atoms with van der Waals surface area (Å²) in [5.74, 6) is -0.378. The van der Waals surface area contributed by atoms with Crippen LogP contribution in [0.15, 0.2) is 142 Å². The molecule has 0 fully saturated rings. The Morgan fingerprint density at radius 3 is 2.05 bits per heavy atom. The summed E-state index contributed by atoms with van der Waals surface area (Å²) in [6.45, 7) is 0. The van der Waals surface area contributed by atoms with Crippen molar-refractivity contribution in [3.05, 3.63) is 133 Å². The standard InChI is InChI=1S/C39H22N2O2/c1-3-9-27-23(7-1)13-18-32-37(27)38-28-10-4-2-8-24(28)14-19-33(38)41(32)26-16-17-29-30-21-25(15-20-34(30)42-36(29)22-26)39-40-31-11-5-6-12-35(31)43-39/h1-22H/i5D,6D,11D,12D,15D,16D,17D,20D,21D,22D. The fourth-order valence-electron chi connectivity index (χ4n) is 6.16. The molecule has 10 aromatic rings. The topological polar surface area (TPSA) is 44.1 Å². The van der Waals surface area contributed by atoms with E-state index in [0.717, 1.165) is 43.4 Å². The third-order valence-electron chi connectivity index (χ3n) is 8.03. The van der Waals surface area contributed by atoms with Crippen molar-refractivity contribution >= 4 is 76.4 Å². The summed E-state index contributed by atoms with van der Waals surface area (Å²) in [5, 5.41) is 5.71. The summed E-state index contributed by atoms with van der Waals surface area (Å²) in [6, 6.07) is 19.5. The highest BCUT2D eigenvalue weighted by molar-refractivity contribution is 6.28. The van der Waals surface area contributed by atoms with Crippen LogP contribution in [0, 0.1) is 0 Å². The van der Waals surface area contributed by atoms with Crippen molar-refractivity contribution in [3.63, 3.8) is 0 Å². The fourth-order valence-corrected chi connectivity index (χ4v) is 6.16. The van der Waals surface area contributed by atoms with Gasteiger partial charge in [0.05, 0.1) is 24.7 Å². The van der Waals surface area contributed by atoms with Gasteiger partial charge in [0.1, 0.15) is 16.7 Å². The zero-order chi connectivity index (χ0) is 36.8. The SMILES string of the molecule is [2H]c1c([2H])c([2H])c2oc(-c3c([2H])c([2H])c4oc5c([2H])c(-n6c7ccc8ccccc8c7c7c8ccccc8ccc76)c([2H])c([2H])c5c4c3[2H])nc2c1[2H]. The molecule has 200 valence electrons. The minimum Gasteiger partial charge on any atom is -0.456 e. The molecule has 0 radical (unpaired) electrons.